The van der Waals surface area contributed by atoms with E-state index in [9.17, 15) is 14.7 Å². The van der Waals surface area contributed by atoms with Crippen LogP contribution in [0, 0.1) is 6.92 Å². The van der Waals surface area contributed by atoms with Gasteiger partial charge in [-0.1, -0.05) is 19.8 Å². The lowest BCUT2D eigenvalue weighted by Gasteiger charge is -2.21. The maximum Gasteiger partial charge on any atom is 0.317 e. The summed E-state index contributed by atoms with van der Waals surface area (Å²) in [6.45, 7) is 4.73. The molecule has 6 heteroatoms. The van der Waals surface area contributed by atoms with Crippen molar-refractivity contribution in [2.45, 2.75) is 46.2 Å². The quantitative estimate of drug-likeness (QED) is 0.712. The number of carbonyl (C=O) groups is 1. The van der Waals surface area contributed by atoms with Gasteiger partial charge in [0.1, 0.15) is 0 Å². The van der Waals surface area contributed by atoms with Crippen molar-refractivity contribution in [3.63, 3.8) is 0 Å². The number of likely N-dealkylation sites (N-methyl/N-ethyl adjacent to an activating group) is 1. The standard InChI is InChI=1S/C15H24N2O4/c1-4-5-6-7-17-11(2)8-13(18)15(21)12(17)9-16(3)10-14(19)20/h8,21H,4-7,9-10H2,1-3H3,(H,19,20). The first-order valence-corrected chi connectivity index (χ1v) is 7.19. The smallest absolute Gasteiger partial charge is 0.317 e. The predicted octanol–water partition coefficient (Wildman–Crippen LogP) is 1.57. The molecule has 0 fully saturated rings. The fourth-order valence-corrected chi connectivity index (χ4v) is 2.35. The summed E-state index contributed by atoms with van der Waals surface area (Å²) >= 11 is 0. The number of nitrogens with zero attached hydrogens (tertiary/aromatic N) is 2. The lowest BCUT2D eigenvalue weighted by atomic mass is 10.2. The predicted molar refractivity (Wildman–Crippen MR) is 80.6 cm³/mol. The zero-order chi connectivity index (χ0) is 16.0. The first-order chi connectivity index (χ1) is 9.86. The van der Waals surface area contributed by atoms with E-state index in [1.807, 2.05) is 11.5 Å². The minimum atomic E-state index is -0.940. The van der Waals surface area contributed by atoms with Crippen molar-refractivity contribution >= 4 is 5.97 Å². The number of rotatable bonds is 8. The van der Waals surface area contributed by atoms with Crippen LogP contribution in [0.3, 0.4) is 0 Å². The molecular weight excluding hydrogens is 272 g/mol. The van der Waals surface area contributed by atoms with Gasteiger partial charge in [0, 0.05) is 24.8 Å². The van der Waals surface area contributed by atoms with Crippen molar-refractivity contribution < 1.29 is 15.0 Å². The number of aliphatic carboxylic acids is 1. The Morgan fingerprint density at radius 2 is 2.05 bits per heavy atom. The number of pyridine rings is 1. The molecular formula is C15H24N2O4. The van der Waals surface area contributed by atoms with Crippen molar-refractivity contribution in [3.05, 3.63) is 27.7 Å². The van der Waals surface area contributed by atoms with E-state index in [4.69, 9.17) is 5.11 Å². The summed E-state index contributed by atoms with van der Waals surface area (Å²) in [6, 6.07) is 1.42. The number of aromatic nitrogens is 1. The molecule has 0 bridgehead atoms. The minimum Gasteiger partial charge on any atom is -0.503 e. The molecule has 1 rings (SSSR count). The van der Waals surface area contributed by atoms with Crippen LogP contribution in [0.25, 0.3) is 0 Å². The van der Waals surface area contributed by atoms with E-state index >= 15 is 0 Å². The van der Waals surface area contributed by atoms with Gasteiger partial charge in [-0.2, -0.15) is 0 Å². The van der Waals surface area contributed by atoms with Gasteiger partial charge in [-0.3, -0.25) is 14.5 Å². The molecule has 0 unspecified atom stereocenters. The van der Waals surface area contributed by atoms with Crippen LogP contribution < -0.4 is 5.43 Å². The van der Waals surface area contributed by atoms with Crippen LogP contribution >= 0.6 is 0 Å². The summed E-state index contributed by atoms with van der Waals surface area (Å²) < 4.78 is 1.91. The molecule has 0 aliphatic rings. The Kier molecular flexibility index (Phi) is 6.42. The molecule has 0 amide bonds. The van der Waals surface area contributed by atoms with Gasteiger partial charge >= 0.3 is 5.97 Å². The summed E-state index contributed by atoms with van der Waals surface area (Å²) in [4.78, 5) is 24.1. The average molecular weight is 296 g/mol. The van der Waals surface area contributed by atoms with E-state index in [2.05, 4.69) is 6.92 Å². The molecule has 0 spiro atoms. The number of hydrogen-bond donors (Lipinski definition) is 2. The van der Waals surface area contributed by atoms with Gasteiger partial charge in [-0.15, -0.1) is 0 Å². The zero-order valence-corrected chi connectivity index (χ0v) is 12.9. The summed E-state index contributed by atoms with van der Waals surface area (Å²) in [6.07, 6.45) is 3.10. The Balaban J connectivity index is 3.07. The second-order valence-electron chi connectivity index (χ2n) is 5.37. The molecule has 2 N–H and O–H groups in total. The molecule has 0 aromatic carbocycles. The van der Waals surface area contributed by atoms with Crippen LogP contribution in [0.5, 0.6) is 5.75 Å². The SMILES string of the molecule is CCCCCn1c(C)cc(=O)c(O)c1CN(C)CC(=O)O. The van der Waals surface area contributed by atoms with E-state index < -0.39 is 11.4 Å². The summed E-state index contributed by atoms with van der Waals surface area (Å²) in [5.41, 5.74) is 0.852. The van der Waals surface area contributed by atoms with E-state index in [1.165, 1.54) is 6.07 Å². The van der Waals surface area contributed by atoms with Gasteiger partial charge in [-0.05, 0) is 20.4 Å². The number of hydrogen-bond acceptors (Lipinski definition) is 4. The topological polar surface area (TPSA) is 82.8 Å². The van der Waals surface area contributed by atoms with Crippen LogP contribution in [0.2, 0.25) is 0 Å². The number of carboxylic acids is 1. The number of aryl methyl sites for hydroxylation is 1. The van der Waals surface area contributed by atoms with Crippen molar-refractivity contribution in [3.8, 4) is 5.75 Å². The van der Waals surface area contributed by atoms with Crippen LogP contribution in [-0.4, -0.2) is 39.2 Å². The van der Waals surface area contributed by atoms with Gasteiger partial charge in [0.25, 0.3) is 0 Å². The first kappa shape index (κ1) is 17.2. The van der Waals surface area contributed by atoms with E-state index in [0.717, 1.165) is 25.0 Å². The number of aromatic hydroxyl groups is 1. The molecule has 0 saturated heterocycles. The van der Waals surface area contributed by atoms with Crippen molar-refractivity contribution in [2.75, 3.05) is 13.6 Å². The maximum absolute atomic E-state index is 11.7. The Morgan fingerprint density at radius 3 is 2.62 bits per heavy atom. The minimum absolute atomic E-state index is 0.142. The Labute approximate surface area is 124 Å². The normalized spacial score (nSPS) is 11.0. The molecule has 0 aliphatic heterocycles. The van der Waals surface area contributed by atoms with E-state index in [1.54, 1.807) is 11.9 Å². The third-order valence-corrected chi connectivity index (χ3v) is 3.41. The Bertz CT molecular complexity index is 551. The Morgan fingerprint density at radius 1 is 1.38 bits per heavy atom. The molecule has 1 heterocycles. The zero-order valence-electron chi connectivity index (χ0n) is 12.9. The number of unbranched alkanes of at least 4 members (excludes halogenated alkanes) is 2. The largest absolute Gasteiger partial charge is 0.503 e. The second kappa shape index (κ2) is 7.83. The third kappa shape index (κ3) is 4.90. The lowest BCUT2D eigenvalue weighted by Crippen LogP contribution is -2.28. The summed E-state index contributed by atoms with van der Waals surface area (Å²) in [5.74, 6) is -1.22. The van der Waals surface area contributed by atoms with Gasteiger partial charge in [-0.25, -0.2) is 0 Å². The van der Waals surface area contributed by atoms with Crippen molar-refractivity contribution in [1.82, 2.24) is 9.47 Å². The molecule has 1 aromatic rings. The maximum atomic E-state index is 11.7. The monoisotopic (exact) mass is 296 g/mol. The molecule has 118 valence electrons. The van der Waals surface area contributed by atoms with Crippen molar-refractivity contribution in [2.24, 2.45) is 0 Å². The number of carboxylic acid groups (broad SMARTS) is 1. The highest BCUT2D eigenvalue weighted by atomic mass is 16.4. The molecule has 0 aliphatic carbocycles. The Hall–Kier alpha value is -1.82. The highest BCUT2D eigenvalue weighted by Crippen LogP contribution is 2.17. The first-order valence-electron chi connectivity index (χ1n) is 7.19. The van der Waals surface area contributed by atoms with E-state index in [0.29, 0.717) is 12.2 Å². The van der Waals surface area contributed by atoms with Crippen molar-refractivity contribution in [1.29, 1.82) is 0 Å². The molecule has 6 nitrogen and oxygen atoms in total. The van der Waals surface area contributed by atoms with Crippen LogP contribution in [0.4, 0.5) is 0 Å². The highest BCUT2D eigenvalue weighted by molar-refractivity contribution is 5.69. The van der Waals surface area contributed by atoms with Crippen LogP contribution in [0.1, 0.15) is 37.6 Å². The van der Waals surface area contributed by atoms with Gasteiger partial charge in [0.15, 0.2) is 5.75 Å². The van der Waals surface area contributed by atoms with Gasteiger partial charge in [0.2, 0.25) is 5.43 Å². The van der Waals surface area contributed by atoms with Gasteiger partial charge < -0.3 is 14.8 Å². The highest BCUT2D eigenvalue weighted by Gasteiger charge is 2.16. The fraction of sp³-hybridized carbons (Fsp3) is 0.600. The molecule has 0 radical (unpaired) electrons. The second-order valence-corrected chi connectivity index (χ2v) is 5.37. The van der Waals surface area contributed by atoms with E-state index in [-0.39, 0.29) is 18.8 Å². The molecule has 21 heavy (non-hydrogen) atoms. The van der Waals surface area contributed by atoms with Crippen LogP contribution in [-0.2, 0) is 17.9 Å². The molecule has 0 saturated carbocycles. The molecule has 1 aromatic heterocycles. The molecule has 0 atom stereocenters. The van der Waals surface area contributed by atoms with Gasteiger partial charge in [0.05, 0.1) is 12.2 Å². The fourth-order valence-electron chi connectivity index (χ4n) is 2.35. The van der Waals surface area contributed by atoms with Crippen LogP contribution in [0.15, 0.2) is 10.9 Å². The summed E-state index contributed by atoms with van der Waals surface area (Å²) in [5, 5.41) is 18.8. The third-order valence-electron chi connectivity index (χ3n) is 3.41. The lowest BCUT2D eigenvalue weighted by molar-refractivity contribution is -0.138. The average Bonchev–Trinajstić information content (AvgIpc) is 2.38. The summed E-state index contributed by atoms with van der Waals surface area (Å²) in [7, 11) is 1.65.